The van der Waals surface area contributed by atoms with Crippen LogP contribution in [0.5, 0.6) is 0 Å². The average Bonchev–Trinajstić information content (AvgIpc) is 2.71. The Labute approximate surface area is 92.2 Å². The zero-order valence-electron chi connectivity index (χ0n) is 8.68. The molecule has 2 atom stereocenters. The van der Waals surface area contributed by atoms with Crippen LogP contribution in [0.1, 0.15) is 44.9 Å². The highest BCUT2D eigenvalue weighted by molar-refractivity contribution is 5.85. The van der Waals surface area contributed by atoms with E-state index in [0.717, 1.165) is 32.2 Å². The van der Waals surface area contributed by atoms with E-state index in [2.05, 4.69) is 5.32 Å². The van der Waals surface area contributed by atoms with Crippen LogP contribution in [0.4, 0.5) is 4.39 Å². The summed E-state index contributed by atoms with van der Waals surface area (Å²) in [5.41, 5.74) is 0. The quantitative estimate of drug-likeness (QED) is 0.756. The minimum Gasteiger partial charge on any atom is -0.311 e. The molecule has 3 heteroatoms. The lowest BCUT2D eigenvalue weighted by Crippen LogP contribution is -2.37. The number of alkyl halides is 1. The van der Waals surface area contributed by atoms with Crippen LogP contribution in [0.2, 0.25) is 0 Å². The van der Waals surface area contributed by atoms with Crippen LogP contribution >= 0.6 is 12.4 Å². The van der Waals surface area contributed by atoms with Gasteiger partial charge >= 0.3 is 0 Å². The molecule has 0 aromatic carbocycles. The van der Waals surface area contributed by atoms with Gasteiger partial charge in [-0.2, -0.15) is 0 Å². The van der Waals surface area contributed by atoms with Crippen LogP contribution in [0.15, 0.2) is 0 Å². The van der Waals surface area contributed by atoms with Crippen molar-refractivity contribution in [1.82, 2.24) is 5.32 Å². The van der Waals surface area contributed by atoms with Crippen molar-refractivity contribution in [3.63, 3.8) is 0 Å². The molecule has 1 saturated carbocycles. The fourth-order valence-corrected chi connectivity index (χ4v) is 2.76. The summed E-state index contributed by atoms with van der Waals surface area (Å²) in [6, 6.07) is 0.183. The molecule has 2 unspecified atom stereocenters. The third kappa shape index (κ3) is 2.83. The Morgan fingerprint density at radius 1 is 1.00 bits per heavy atom. The number of hydrogen-bond donors (Lipinski definition) is 1. The smallest absolute Gasteiger partial charge is 0.118 e. The Kier molecular flexibility index (Phi) is 5.18. The van der Waals surface area contributed by atoms with Gasteiger partial charge < -0.3 is 5.32 Å². The minimum atomic E-state index is -0.567. The summed E-state index contributed by atoms with van der Waals surface area (Å²) < 4.78 is 13.9. The zero-order chi connectivity index (χ0) is 9.10. The van der Waals surface area contributed by atoms with E-state index in [-0.39, 0.29) is 18.4 Å². The van der Waals surface area contributed by atoms with E-state index in [1.54, 1.807) is 0 Å². The van der Waals surface area contributed by atoms with Gasteiger partial charge in [-0.15, -0.1) is 12.4 Å². The molecular weight excluding hydrogens is 201 g/mol. The maximum absolute atomic E-state index is 13.9. The highest BCUT2D eigenvalue weighted by Crippen LogP contribution is 2.31. The second-order valence-electron chi connectivity index (χ2n) is 4.55. The summed E-state index contributed by atoms with van der Waals surface area (Å²) >= 11 is 0. The van der Waals surface area contributed by atoms with Crippen molar-refractivity contribution in [2.45, 2.75) is 57.2 Å². The molecular formula is C11H21ClFN. The molecule has 1 nitrogen and oxygen atoms in total. The first-order valence-electron chi connectivity index (χ1n) is 5.75. The molecule has 0 aromatic heterocycles. The zero-order valence-corrected chi connectivity index (χ0v) is 9.49. The molecule has 2 rings (SSSR count). The van der Waals surface area contributed by atoms with Crippen molar-refractivity contribution in [2.75, 3.05) is 6.54 Å². The predicted octanol–water partition coefficient (Wildman–Crippen LogP) is 3.08. The van der Waals surface area contributed by atoms with Gasteiger partial charge in [0.2, 0.25) is 0 Å². The van der Waals surface area contributed by atoms with Crippen molar-refractivity contribution in [3.8, 4) is 0 Å². The van der Waals surface area contributed by atoms with Crippen LogP contribution in [0, 0.1) is 5.92 Å². The molecule has 0 radical (unpaired) electrons. The highest BCUT2D eigenvalue weighted by Gasteiger charge is 2.31. The highest BCUT2D eigenvalue weighted by atomic mass is 35.5. The van der Waals surface area contributed by atoms with Crippen LogP contribution in [0.3, 0.4) is 0 Å². The first-order valence-corrected chi connectivity index (χ1v) is 5.75. The third-order valence-electron chi connectivity index (χ3n) is 3.58. The number of hydrogen-bond acceptors (Lipinski definition) is 1. The molecule has 1 saturated heterocycles. The normalized spacial score (nSPS) is 31.1. The standard InChI is InChI=1S/C11H20FN.ClH/c12-11(10-7-4-8-13-10)9-5-2-1-3-6-9;/h9-11,13H,1-8H2;1H. The topological polar surface area (TPSA) is 12.0 Å². The fraction of sp³-hybridized carbons (Fsp3) is 1.00. The van der Waals surface area contributed by atoms with E-state index in [1.165, 1.54) is 19.3 Å². The Morgan fingerprint density at radius 2 is 1.71 bits per heavy atom. The molecule has 0 bridgehead atoms. The molecule has 2 aliphatic rings. The molecule has 0 spiro atoms. The largest absolute Gasteiger partial charge is 0.311 e. The molecule has 2 fully saturated rings. The van der Waals surface area contributed by atoms with E-state index in [4.69, 9.17) is 0 Å². The van der Waals surface area contributed by atoms with Gasteiger partial charge in [0.1, 0.15) is 6.17 Å². The van der Waals surface area contributed by atoms with Crippen molar-refractivity contribution in [3.05, 3.63) is 0 Å². The molecule has 1 aliphatic carbocycles. The van der Waals surface area contributed by atoms with E-state index in [9.17, 15) is 4.39 Å². The Bertz CT molecular complexity index is 153. The average molecular weight is 222 g/mol. The summed E-state index contributed by atoms with van der Waals surface area (Å²) in [5.74, 6) is 0.365. The number of halogens is 2. The molecule has 0 amide bonds. The minimum absolute atomic E-state index is 0. The number of nitrogens with one attached hydrogen (secondary N) is 1. The monoisotopic (exact) mass is 221 g/mol. The maximum atomic E-state index is 13.9. The summed E-state index contributed by atoms with van der Waals surface area (Å²) in [7, 11) is 0. The van der Waals surface area contributed by atoms with Crippen LogP contribution in [-0.2, 0) is 0 Å². The van der Waals surface area contributed by atoms with Gasteiger partial charge in [0.05, 0.1) is 0 Å². The van der Waals surface area contributed by atoms with E-state index < -0.39 is 6.17 Å². The SMILES string of the molecule is Cl.FC(C1CCCCC1)C1CCCN1. The van der Waals surface area contributed by atoms with E-state index >= 15 is 0 Å². The predicted molar refractivity (Wildman–Crippen MR) is 59.7 cm³/mol. The summed E-state index contributed by atoms with van der Waals surface area (Å²) in [6.07, 6.45) is 7.72. The first-order chi connectivity index (χ1) is 6.38. The lowest BCUT2D eigenvalue weighted by molar-refractivity contribution is 0.144. The lowest BCUT2D eigenvalue weighted by Gasteiger charge is -2.28. The summed E-state index contributed by atoms with van der Waals surface area (Å²) in [5, 5.41) is 3.28. The van der Waals surface area contributed by atoms with Gasteiger partial charge in [-0.05, 0) is 38.1 Å². The van der Waals surface area contributed by atoms with E-state index in [1.807, 2.05) is 0 Å². The van der Waals surface area contributed by atoms with Crippen molar-refractivity contribution in [1.29, 1.82) is 0 Å². The van der Waals surface area contributed by atoms with Crippen molar-refractivity contribution >= 4 is 12.4 Å². The van der Waals surface area contributed by atoms with Gasteiger partial charge in [-0.1, -0.05) is 19.3 Å². The van der Waals surface area contributed by atoms with Crippen LogP contribution in [-0.4, -0.2) is 18.8 Å². The molecule has 1 heterocycles. The molecule has 1 aliphatic heterocycles. The first kappa shape index (κ1) is 12.3. The fourth-order valence-electron chi connectivity index (χ4n) is 2.76. The number of rotatable bonds is 2. The van der Waals surface area contributed by atoms with Crippen LogP contribution < -0.4 is 5.32 Å². The Hall–Kier alpha value is 0.180. The molecule has 1 N–H and O–H groups in total. The van der Waals surface area contributed by atoms with Crippen molar-refractivity contribution < 1.29 is 4.39 Å². The van der Waals surface area contributed by atoms with Gasteiger partial charge in [0.25, 0.3) is 0 Å². The van der Waals surface area contributed by atoms with Gasteiger partial charge in [0.15, 0.2) is 0 Å². The van der Waals surface area contributed by atoms with Gasteiger partial charge in [0, 0.05) is 6.04 Å². The maximum Gasteiger partial charge on any atom is 0.118 e. The van der Waals surface area contributed by atoms with E-state index in [0.29, 0.717) is 5.92 Å². The second-order valence-corrected chi connectivity index (χ2v) is 4.55. The summed E-state index contributed by atoms with van der Waals surface area (Å²) in [4.78, 5) is 0. The van der Waals surface area contributed by atoms with Gasteiger partial charge in [-0.25, -0.2) is 4.39 Å². The molecule has 0 aromatic rings. The Morgan fingerprint density at radius 3 is 2.29 bits per heavy atom. The van der Waals surface area contributed by atoms with Crippen molar-refractivity contribution in [2.24, 2.45) is 5.92 Å². The van der Waals surface area contributed by atoms with Gasteiger partial charge in [-0.3, -0.25) is 0 Å². The third-order valence-corrected chi connectivity index (χ3v) is 3.58. The van der Waals surface area contributed by atoms with Crippen LogP contribution in [0.25, 0.3) is 0 Å². The summed E-state index contributed by atoms with van der Waals surface area (Å²) in [6.45, 7) is 1.03. The molecule has 14 heavy (non-hydrogen) atoms. The molecule has 84 valence electrons. The Balaban J connectivity index is 0.000000980. The second kappa shape index (κ2) is 5.92. The lowest BCUT2D eigenvalue weighted by atomic mass is 9.83.